The lowest BCUT2D eigenvalue weighted by Gasteiger charge is -2.29. The number of nitrogens with zero attached hydrogens (tertiary/aromatic N) is 2. The molecule has 0 aromatic rings. The first-order valence-electron chi connectivity index (χ1n) is 11.5. The monoisotopic (exact) mass is 443 g/mol. The van der Waals surface area contributed by atoms with Crippen LogP contribution in [0, 0.1) is 11.8 Å². The van der Waals surface area contributed by atoms with E-state index in [4.69, 9.17) is 5.11 Å². The largest absolute Gasteiger partial charge is 0.478 e. The predicted molar refractivity (Wildman–Crippen MR) is 130 cm³/mol. The van der Waals surface area contributed by atoms with Gasteiger partial charge in [0.2, 0.25) is 12.3 Å². The molecule has 1 aliphatic heterocycles. The molecule has 0 unspecified atom stereocenters. The second kappa shape index (κ2) is 21.3. The molecule has 0 aliphatic carbocycles. The summed E-state index contributed by atoms with van der Waals surface area (Å²) in [7, 11) is 3.78. The summed E-state index contributed by atoms with van der Waals surface area (Å²) in [5, 5.41) is 11.1. The molecule has 7 nitrogen and oxygen atoms in total. The number of amides is 2. The lowest BCUT2D eigenvalue weighted by Crippen LogP contribution is -2.43. The van der Waals surface area contributed by atoms with E-state index in [0.29, 0.717) is 6.41 Å². The summed E-state index contributed by atoms with van der Waals surface area (Å²) in [5.41, 5.74) is 0.191. The fourth-order valence-corrected chi connectivity index (χ4v) is 2.55. The molecule has 0 bridgehead atoms. The van der Waals surface area contributed by atoms with E-state index in [1.54, 1.807) is 13.1 Å². The summed E-state index contributed by atoms with van der Waals surface area (Å²) in [4.78, 5) is 36.5. The second-order valence-corrected chi connectivity index (χ2v) is 8.49. The van der Waals surface area contributed by atoms with Crippen molar-refractivity contribution in [3.8, 4) is 0 Å². The summed E-state index contributed by atoms with van der Waals surface area (Å²) in [6, 6.07) is -0.318. The normalized spacial score (nSPS) is 14.6. The van der Waals surface area contributed by atoms with Gasteiger partial charge in [-0.2, -0.15) is 0 Å². The molecule has 7 heteroatoms. The Morgan fingerprint density at radius 1 is 1.06 bits per heavy atom. The van der Waals surface area contributed by atoms with Gasteiger partial charge < -0.3 is 20.2 Å². The Labute approximate surface area is 191 Å². The van der Waals surface area contributed by atoms with Crippen molar-refractivity contribution in [1.29, 1.82) is 0 Å². The molecule has 1 fully saturated rings. The van der Waals surface area contributed by atoms with Gasteiger partial charge in [0.15, 0.2) is 0 Å². The molecule has 1 atom stereocenters. The van der Waals surface area contributed by atoms with E-state index in [2.05, 4.69) is 38.0 Å². The van der Waals surface area contributed by atoms with Crippen molar-refractivity contribution in [3.63, 3.8) is 0 Å². The molecular weight excluding hydrogens is 394 g/mol. The van der Waals surface area contributed by atoms with Crippen molar-refractivity contribution >= 4 is 18.3 Å². The van der Waals surface area contributed by atoms with Crippen molar-refractivity contribution < 1.29 is 19.5 Å². The molecule has 1 rings (SSSR count). The van der Waals surface area contributed by atoms with Crippen LogP contribution in [0.15, 0.2) is 11.6 Å². The summed E-state index contributed by atoms with van der Waals surface area (Å²) in [6.07, 6.45) is 6.28. The quantitative estimate of drug-likeness (QED) is 0.458. The van der Waals surface area contributed by atoms with E-state index in [0.717, 1.165) is 5.92 Å². The summed E-state index contributed by atoms with van der Waals surface area (Å²) < 4.78 is 0. The highest BCUT2D eigenvalue weighted by Gasteiger charge is 2.21. The van der Waals surface area contributed by atoms with Crippen LogP contribution in [0.25, 0.3) is 0 Å². The number of aliphatic carboxylic acids is 1. The van der Waals surface area contributed by atoms with Crippen LogP contribution < -0.4 is 5.32 Å². The zero-order valence-corrected chi connectivity index (χ0v) is 21.7. The average Bonchev–Trinajstić information content (AvgIpc) is 2.71. The van der Waals surface area contributed by atoms with E-state index in [1.165, 1.54) is 44.2 Å². The molecule has 1 aliphatic rings. The molecular formula is C24H49N3O4. The molecule has 184 valence electrons. The smallest absolute Gasteiger partial charge is 0.331 e. The maximum atomic E-state index is 11.7. The number of likely N-dealkylation sites (N-methyl/N-ethyl adjacent to an activating group) is 1. The summed E-state index contributed by atoms with van der Waals surface area (Å²) >= 11 is 0. The highest BCUT2D eigenvalue weighted by atomic mass is 16.4. The number of hydrogen-bond acceptors (Lipinski definition) is 4. The van der Waals surface area contributed by atoms with Crippen LogP contribution in [0.3, 0.4) is 0 Å². The first-order chi connectivity index (χ1) is 14.4. The molecule has 1 heterocycles. The Morgan fingerprint density at radius 3 is 1.81 bits per heavy atom. The van der Waals surface area contributed by atoms with Gasteiger partial charge in [0, 0.05) is 12.6 Å². The minimum absolute atomic E-state index is 0.0736. The third-order valence-electron chi connectivity index (χ3n) is 4.20. The average molecular weight is 444 g/mol. The van der Waals surface area contributed by atoms with Crippen molar-refractivity contribution in [1.82, 2.24) is 15.1 Å². The molecule has 0 saturated carbocycles. The van der Waals surface area contributed by atoms with Crippen molar-refractivity contribution in [2.45, 2.75) is 80.7 Å². The van der Waals surface area contributed by atoms with Crippen molar-refractivity contribution in [3.05, 3.63) is 11.6 Å². The molecule has 0 aromatic carbocycles. The third kappa shape index (κ3) is 21.1. The number of likely N-dealkylation sites (tertiary alicyclic amines) is 1. The minimum Gasteiger partial charge on any atom is -0.478 e. The maximum Gasteiger partial charge on any atom is 0.331 e. The second-order valence-electron chi connectivity index (χ2n) is 8.49. The number of rotatable bonds is 7. The number of nitrogens with one attached hydrogen (secondary N) is 1. The van der Waals surface area contributed by atoms with Gasteiger partial charge in [-0.05, 0) is 51.7 Å². The molecule has 0 spiro atoms. The number of carboxylic acids is 1. The van der Waals surface area contributed by atoms with Crippen LogP contribution in [0.5, 0.6) is 0 Å². The Morgan fingerprint density at radius 2 is 1.52 bits per heavy atom. The van der Waals surface area contributed by atoms with Crippen LogP contribution in [0.1, 0.15) is 74.7 Å². The summed E-state index contributed by atoms with van der Waals surface area (Å²) in [6.45, 7) is 18.3. The van der Waals surface area contributed by atoms with Gasteiger partial charge in [-0.1, -0.05) is 61.0 Å². The van der Waals surface area contributed by atoms with Crippen LogP contribution in [0.4, 0.5) is 0 Å². The zero-order chi connectivity index (χ0) is 25.0. The van der Waals surface area contributed by atoms with Gasteiger partial charge in [-0.15, -0.1) is 0 Å². The molecule has 0 aromatic heterocycles. The van der Waals surface area contributed by atoms with Gasteiger partial charge >= 0.3 is 5.97 Å². The maximum absolute atomic E-state index is 11.7. The van der Waals surface area contributed by atoms with Crippen molar-refractivity contribution in [2.75, 3.05) is 33.7 Å². The molecule has 31 heavy (non-hydrogen) atoms. The Kier molecular flexibility index (Phi) is 23.2. The van der Waals surface area contributed by atoms with Crippen LogP contribution >= 0.6 is 0 Å². The molecule has 1 saturated heterocycles. The van der Waals surface area contributed by atoms with Gasteiger partial charge in [-0.3, -0.25) is 9.59 Å². The van der Waals surface area contributed by atoms with Crippen LogP contribution in [-0.4, -0.2) is 73.0 Å². The zero-order valence-electron chi connectivity index (χ0n) is 21.7. The van der Waals surface area contributed by atoms with Crippen LogP contribution in [0.2, 0.25) is 0 Å². The number of carbonyl (C=O) groups is 3. The molecule has 2 amide bonds. The third-order valence-corrected chi connectivity index (χ3v) is 4.20. The number of carbonyl (C=O) groups excluding carboxylic acids is 2. The molecule has 2 N–H and O–H groups in total. The number of carboxylic acid groups (broad SMARTS) is 1. The topological polar surface area (TPSA) is 90.0 Å². The Hall–Kier alpha value is -1.89. The highest BCUT2D eigenvalue weighted by molar-refractivity contribution is 5.86. The van der Waals surface area contributed by atoms with E-state index in [9.17, 15) is 14.4 Å². The predicted octanol–water partition coefficient (Wildman–Crippen LogP) is 4.04. The lowest BCUT2D eigenvalue weighted by atomic mass is 10.00. The fraction of sp³-hybridized carbons (Fsp3) is 0.792. The Balaban J connectivity index is -0.000000489. The van der Waals surface area contributed by atoms with E-state index in [-0.39, 0.29) is 30.0 Å². The van der Waals surface area contributed by atoms with Gasteiger partial charge in [-0.25, -0.2) is 4.79 Å². The molecule has 0 radical (unpaired) electrons. The first-order valence-corrected chi connectivity index (χ1v) is 11.5. The van der Waals surface area contributed by atoms with Crippen molar-refractivity contribution in [2.24, 2.45) is 11.8 Å². The van der Waals surface area contributed by atoms with Gasteiger partial charge in [0.25, 0.3) is 0 Å². The van der Waals surface area contributed by atoms with E-state index >= 15 is 0 Å². The van der Waals surface area contributed by atoms with Gasteiger partial charge in [0.1, 0.15) is 0 Å². The van der Waals surface area contributed by atoms with Gasteiger partial charge in [0.05, 0.1) is 12.6 Å². The standard InChI is InChI=1S/C12H20N2O4.C6H13N.C4H10.C2H6/c1-8(2)10(5-9(3)12(17)18)14(4)11(16)6-13-7-15;1-7-5-3-2-4-6-7;1-4(2)3;1-2/h5,7-8,10H,6H2,1-4H3,(H,13,15)(H,17,18);2-6H2,1H3;4H,1-3H3;1-2H3/b9-5+;;;/t10-;;;/m1.../s1. The van der Waals surface area contributed by atoms with Crippen LogP contribution in [-0.2, 0) is 14.4 Å². The minimum atomic E-state index is -1.01. The fourth-order valence-electron chi connectivity index (χ4n) is 2.55. The highest BCUT2D eigenvalue weighted by Crippen LogP contribution is 2.13. The van der Waals surface area contributed by atoms with E-state index in [1.807, 2.05) is 27.7 Å². The Bertz CT molecular complexity index is 496. The number of piperidine rings is 1. The number of hydrogen-bond donors (Lipinski definition) is 2. The van der Waals surface area contributed by atoms with E-state index < -0.39 is 5.97 Å². The first kappa shape index (κ1) is 33.7. The summed E-state index contributed by atoms with van der Waals surface area (Å²) in [5.74, 6) is -0.368. The lowest BCUT2D eigenvalue weighted by molar-refractivity contribution is -0.133. The SMILES string of the molecule is C/C(=C\[C@H](C(C)C)N(C)C(=O)CNC=O)C(=O)O.CC.CC(C)C.CN1CCCCC1.